The third kappa shape index (κ3) is 7.59. The van der Waals surface area contributed by atoms with Crippen LogP contribution in [0.5, 0.6) is 0 Å². The quantitative estimate of drug-likeness (QED) is 0.405. The van der Waals surface area contributed by atoms with E-state index in [-0.39, 0.29) is 17.2 Å². The predicted molar refractivity (Wildman–Crippen MR) is 114 cm³/mol. The second-order valence-corrected chi connectivity index (χ2v) is 10.5. The number of carbonyl (C=O) groups is 3. The first-order chi connectivity index (χ1) is 14.2. The lowest BCUT2D eigenvalue weighted by molar-refractivity contribution is -0.144. The standard InChI is InChI=1S/C20H32N4O6S/c1-12(2)10-14(17(25)23-16(18(26)21-6)20(3,4)5)15(19(27)28)24-31(29,30)13-8-7-9-22-11-13/h7-9,11-12,14-16,24H,10H2,1-6H3,(H,21,26)(H,23,25)(H,27,28)/t14-,15+,16-/m1/s1. The van der Waals surface area contributed by atoms with E-state index in [0.29, 0.717) is 0 Å². The molecule has 1 aromatic rings. The molecule has 4 N–H and O–H groups in total. The van der Waals surface area contributed by atoms with Crippen LogP contribution in [0.15, 0.2) is 29.4 Å². The van der Waals surface area contributed by atoms with E-state index in [1.165, 1.54) is 25.4 Å². The van der Waals surface area contributed by atoms with Gasteiger partial charge in [0.1, 0.15) is 17.0 Å². The van der Waals surface area contributed by atoms with Gasteiger partial charge in [0.25, 0.3) is 0 Å². The van der Waals surface area contributed by atoms with Crippen molar-refractivity contribution in [1.82, 2.24) is 20.3 Å². The maximum absolute atomic E-state index is 13.1. The predicted octanol–water partition coefficient (Wildman–Crippen LogP) is 0.752. The molecule has 0 saturated carbocycles. The van der Waals surface area contributed by atoms with Gasteiger partial charge in [0, 0.05) is 19.4 Å². The lowest BCUT2D eigenvalue weighted by Crippen LogP contribution is -2.58. The average Bonchev–Trinajstić information content (AvgIpc) is 2.67. The number of aliphatic carboxylic acids is 1. The monoisotopic (exact) mass is 456 g/mol. The minimum atomic E-state index is -4.25. The Kier molecular flexibility index (Phi) is 9.12. The van der Waals surface area contributed by atoms with E-state index < -0.39 is 51.2 Å². The summed E-state index contributed by atoms with van der Waals surface area (Å²) < 4.78 is 27.5. The maximum Gasteiger partial charge on any atom is 0.322 e. The fourth-order valence-corrected chi connectivity index (χ4v) is 4.21. The molecular weight excluding hydrogens is 424 g/mol. The molecule has 1 rings (SSSR count). The van der Waals surface area contributed by atoms with Gasteiger partial charge in [-0.05, 0) is 29.9 Å². The van der Waals surface area contributed by atoms with Crippen molar-refractivity contribution in [2.24, 2.45) is 17.3 Å². The maximum atomic E-state index is 13.1. The number of carboxylic acids is 1. The molecule has 0 spiro atoms. The minimum absolute atomic E-state index is 0.0863. The van der Waals surface area contributed by atoms with Crippen molar-refractivity contribution in [2.75, 3.05) is 7.05 Å². The van der Waals surface area contributed by atoms with Crippen LogP contribution < -0.4 is 15.4 Å². The van der Waals surface area contributed by atoms with Gasteiger partial charge in [0.2, 0.25) is 21.8 Å². The van der Waals surface area contributed by atoms with Crippen molar-refractivity contribution >= 4 is 27.8 Å². The molecule has 1 aromatic heterocycles. The summed E-state index contributed by atoms with van der Waals surface area (Å²) in [6.07, 6.45) is 2.55. The Morgan fingerprint density at radius 1 is 1.16 bits per heavy atom. The Labute approximate surface area is 183 Å². The number of nitrogens with zero attached hydrogens (tertiary/aromatic N) is 1. The lowest BCUT2D eigenvalue weighted by Gasteiger charge is -2.33. The number of rotatable bonds is 10. The van der Waals surface area contributed by atoms with Gasteiger partial charge >= 0.3 is 5.97 Å². The third-order valence-corrected chi connectivity index (χ3v) is 6.04. The van der Waals surface area contributed by atoms with E-state index in [2.05, 4.69) is 20.3 Å². The number of hydrogen-bond donors (Lipinski definition) is 4. The first-order valence-corrected chi connectivity index (χ1v) is 11.4. The average molecular weight is 457 g/mol. The van der Waals surface area contributed by atoms with Gasteiger partial charge < -0.3 is 15.7 Å². The second-order valence-electron chi connectivity index (χ2n) is 8.78. The van der Waals surface area contributed by atoms with Gasteiger partial charge in [-0.2, -0.15) is 4.72 Å². The number of hydrogen-bond acceptors (Lipinski definition) is 6. The number of likely N-dealkylation sites (N-methyl/N-ethyl adjacent to an activating group) is 1. The molecule has 11 heteroatoms. The Morgan fingerprint density at radius 3 is 2.19 bits per heavy atom. The van der Waals surface area contributed by atoms with E-state index in [0.717, 1.165) is 6.20 Å². The smallest absolute Gasteiger partial charge is 0.322 e. The third-order valence-electron chi connectivity index (χ3n) is 4.62. The molecule has 0 radical (unpaired) electrons. The summed E-state index contributed by atoms with van der Waals surface area (Å²) >= 11 is 0. The molecule has 0 aromatic carbocycles. The molecule has 0 saturated heterocycles. The number of aromatic nitrogens is 1. The highest BCUT2D eigenvalue weighted by Crippen LogP contribution is 2.23. The summed E-state index contributed by atoms with van der Waals surface area (Å²) in [6.45, 7) is 8.84. The van der Waals surface area contributed by atoms with Crippen LogP contribution in [0.4, 0.5) is 0 Å². The molecule has 0 aliphatic heterocycles. The van der Waals surface area contributed by atoms with Gasteiger partial charge in [0.15, 0.2) is 0 Å². The van der Waals surface area contributed by atoms with Crippen LogP contribution in [0.1, 0.15) is 41.0 Å². The molecule has 1 heterocycles. The van der Waals surface area contributed by atoms with Crippen molar-refractivity contribution in [1.29, 1.82) is 0 Å². The van der Waals surface area contributed by atoms with Crippen molar-refractivity contribution in [3.63, 3.8) is 0 Å². The zero-order valence-electron chi connectivity index (χ0n) is 18.7. The summed E-state index contributed by atoms with van der Waals surface area (Å²) in [5, 5.41) is 14.9. The second kappa shape index (κ2) is 10.7. The Bertz CT molecular complexity index is 881. The molecule has 2 amide bonds. The summed E-state index contributed by atoms with van der Waals surface area (Å²) in [7, 11) is -2.82. The van der Waals surface area contributed by atoms with Crippen molar-refractivity contribution in [3.8, 4) is 0 Å². The molecule has 31 heavy (non-hydrogen) atoms. The number of carbonyl (C=O) groups excluding carboxylic acids is 2. The van der Waals surface area contributed by atoms with E-state index in [4.69, 9.17) is 0 Å². The Hall–Kier alpha value is -2.53. The number of sulfonamides is 1. The van der Waals surface area contributed by atoms with Crippen molar-refractivity contribution < 1.29 is 27.9 Å². The summed E-state index contributed by atoms with van der Waals surface area (Å²) in [6, 6.07) is -0.00522. The first kappa shape index (κ1) is 26.5. The number of amides is 2. The van der Waals surface area contributed by atoms with Gasteiger partial charge in [-0.15, -0.1) is 0 Å². The molecule has 0 aliphatic carbocycles. The van der Waals surface area contributed by atoms with E-state index in [1.807, 2.05) is 0 Å². The van der Waals surface area contributed by atoms with Crippen LogP contribution in [0.3, 0.4) is 0 Å². The Morgan fingerprint density at radius 2 is 1.77 bits per heavy atom. The molecule has 3 atom stereocenters. The summed E-state index contributed by atoms with van der Waals surface area (Å²) in [5.41, 5.74) is -0.661. The van der Waals surface area contributed by atoms with Crippen LogP contribution in [-0.4, -0.2) is 55.4 Å². The number of carboxylic acid groups (broad SMARTS) is 1. The van der Waals surface area contributed by atoms with Crippen LogP contribution >= 0.6 is 0 Å². The van der Waals surface area contributed by atoms with Gasteiger partial charge in [-0.1, -0.05) is 34.6 Å². The van der Waals surface area contributed by atoms with Crippen LogP contribution in [0.25, 0.3) is 0 Å². The molecule has 0 fully saturated rings. The summed E-state index contributed by atoms with van der Waals surface area (Å²) in [4.78, 5) is 40.9. The normalized spacial score (nSPS) is 15.1. The zero-order valence-corrected chi connectivity index (χ0v) is 19.5. The number of pyridine rings is 1. The van der Waals surface area contributed by atoms with E-state index >= 15 is 0 Å². The van der Waals surface area contributed by atoms with Crippen molar-refractivity contribution in [2.45, 2.75) is 58.0 Å². The largest absolute Gasteiger partial charge is 0.480 e. The fraction of sp³-hybridized carbons (Fsp3) is 0.600. The van der Waals surface area contributed by atoms with Crippen LogP contribution in [0.2, 0.25) is 0 Å². The lowest BCUT2D eigenvalue weighted by atomic mass is 9.84. The van der Waals surface area contributed by atoms with Crippen molar-refractivity contribution in [3.05, 3.63) is 24.5 Å². The molecular formula is C20H32N4O6S. The van der Waals surface area contributed by atoms with Gasteiger partial charge in [-0.25, -0.2) is 8.42 Å². The van der Waals surface area contributed by atoms with Gasteiger partial charge in [-0.3, -0.25) is 19.4 Å². The fourth-order valence-electron chi connectivity index (χ4n) is 3.02. The SMILES string of the molecule is CNC(=O)[C@@H](NC(=O)[C@H](CC(C)C)[C@H](NS(=O)(=O)c1cccnc1)C(=O)O)C(C)(C)C. The molecule has 174 valence electrons. The zero-order chi connectivity index (χ0) is 24.0. The number of nitrogens with one attached hydrogen (secondary N) is 3. The molecule has 0 unspecified atom stereocenters. The van der Waals surface area contributed by atoms with E-state index in [9.17, 15) is 27.9 Å². The van der Waals surface area contributed by atoms with Gasteiger partial charge in [0.05, 0.1) is 5.92 Å². The molecule has 0 bridgehead atoms. The van der Waals surface area contributed by atoms with Crippen LogP contribution in [-0.2, 0) is 24.4 Å². The highest BCUT2D eigenvalue weighted by Gasteiger charge is 2.40. The molecule has 10 nitrogen and oxygen atoms in total. The highest BCUT2D eigenvalue weighted by atomic mass is 32.2. The minimum Gasteiger partial charge on any atom is -0.480 e. The highest BCUT2D eigenvalue weighted by molar-refractivity contribution is 7.89. The Balaban J connectivity index is 3.30. The summed E-state index contributed by atoms with van der Waals surface area (Å²) in [5.74, 6) is -4.03. The van der Waals surface area contributed by atoms with E-state index in [1.54, 1.807) is 34.6 Å². The van der Waals surface area contributed by atoms with Crippen LogP contribution in [0, 0.1) is 17.3 Å². The molecule has 0 aliphatic rings. The first-order valence-electron chi connectivity index (χ1n) is 9.87. The topological polar surface area (TPSA) is 155 Å².